The first kappa shape index (κ1) is 13.5. The van der Waals surface area contributed by atoms with E-state index in [4.69, 9.17) is 10.5 Å². The largest absolute Gasteiger partial charge is 0.485 e. The molecule has 0 amide bonds. The number of benzene rings is 1. The van der Waals surface area contributed by atoms with Crippen LogP contribution in [0.25, 0.3) is 0 Å². The molecule has 0 saturated carbocycles. The van der Waals surface area contributed by atoms with Crippen molar-refractivity contribution in [3.8, 4) is 5.75 Å². The zero-order valence-electron chi connectivity index (χ0n) is 11.8. The van der Waals surface area contributed by atoms with E-state index in [0.717, 1.165) is 28.5 Å². The molecule has 19 heavy (non-hydrogen) atoms. The van der Waals surface area contributed by atoms with E-state index < -0.39 is 0 Å². The average molecular weight is 260 g/mol. The summed E-state index contributed by atoms with van der Waals surface area (Å²) in [6.07, 6.45) is 0. The molecule has 0 fully saturated rings. The lowest BCUT2D eigenvalue weighted by molar-refractivity contribution is 0.289. The van der Waals surface area contributed by atoms with Crippen molar-refractivity contribution in [1.29, 1.82) is 0 Å². The molecule has 0 spiro atoms. The second kappa shape index (κ2) is 5.40. The first-order valence-corrected chi connectivity index (χ1v) is 6.33. The van der Waals surface area contributed by atoms with Crippen molar-refractivity contribution in [1.82, 2.24) is 14.8 Å². The van der Waals surface area contributed by atoms with Crippen LogP contribution in [0, 0.1) is 13.8 Å². The first-order chi connectivity index (χ1) is 8.99. The third-order valence-electron chi connectivity index (χ3n) is 3.26. The Morgan fingerprint density at radius 2 is 2.05 bits per heavy atom. The highest BCUT2D eigenvalue weighted by Gasteiger charge is 2.08. The van der Waals surface area contributed by atoms with Gasteiger partial charge in [-0.25, -0.2) is 0 Å². The van der Waals surface area contributed by atoms with E-state index in [2.05, 4.69) is 16.3 Å². The highest BCUT2D eigenvalue weighted by Crippen LogP contribution is 2.22. The Labute approximate surface area is 113 Å². The Kier molecular flexibility index (Phi) is 3.85. The Morgan fingerprint density at radius 1 is 1.32 bits per heavy atom. The number of nitrogens with zero attached hydrogens (tertiary/aromatic N) is 3. The van der Waals surface area contributed by atoms with Crippen molar-refractivity contribution in [2.45, 2.75) is 33.4 Å². The molecule has 1 aromatic carbocycles. The quantitative estimate of drug-likeness (QED) is 0.913. The maximum atomic E-state index is 5.86. The molecule has 102 valence electrons. The lowest BCUT2D eigenvalue weighted by Crippen LogP contribution is -2.07. The zero-order chi connectivity index (χ0) is 14.0. The van der Waals surface area contributed by atoms with Crippen LogP contribution in [0.2, 0.25) is 0 Å². The molecule has 2 rings (SSSR count). The summed E-state index contributed by atoms with van der Waals surface area (Å²) in [5.74, 6) is 2.54. The van der Waals surface area contributed by atoms with Gasteiger partial charge in [-0.15, -0.1) is 10.2 Å². The normalized spacial score (nSPS) is 12.5. The topological polar surface area (TPSA) is 66.0 Å². The Balaban J connectivity index is 2.10. The second-order valence-electron chi connectivity index (χ2n) is 4.82. The van der Waals surface area contributed by atoms with Crippen LogP contribution in [0.1, 0.15) is 35.7 Å². The van der Waals surface area contributed by atoms with Crippen LogP contribution in [0.15, 0.2) is 18.2 Å². The number of rotatable bonds is 4. The third-order valence-corrected chi connectivity index (χ3v) is 3.26. The predicted molar refractivity (Wildman–Crippen MR) is 73.9 cm³/mol. The molecule has 0 bridgehead atoms. The van der Waals surface area contributed by atoms with Crippen LogP contribution in [0.3, 0.4) is 0 Å². The number of hydrogen-bond acceptors (Lipinski definition) is 4. The van der Waals surface area contributed by atoms with Crippen LogP contribution in [0.5, 0.6) is 5.75 Å². The van der Waals surface area contributed by atoms with Gasteiger partial charge in [0.05, 0.1) is 0 Å². The first-order valence-electron chi connectivity index (χ1n) is 6.33. The maximum absolute atomic E-state index is 5.86. The molecule has 0 aliphatic carbocycles. The summed E-state index contributed by atoms with van der Waals surface area (Å²) in [5, 5.41) is 8.08. The molecule has 2 aromatic rings. The van der Waals surface area contributed by atoms with Gasteiger partial charge in [0.25, 0.3) is 0 Å². The lowest BCUT2D eigenvalue weighted by Gasteiger charge is -2.12. The Bertz CT molecular complexity index is 575. The van der Waals surface area contributed by atoms with Crippen LogP contribution < -0.4 is 10.5 Å². The highest BCUT2D eigenvalue weighted by atomic mass is 16.5. The summed E-state index contributed by atoms with van der Waals surface area (Å²) in [4.78, 5) is 0. The fourth-order valence-electron chi connectivity index (χ4n) is 1.84. The zero-order valence-corrected chi connectivity index (χ0v) is 11.8. The van der Waals surface area contributed by atoms with Crippen LogP contribution in [0.4, 0.5) is 0 Å². The molecule has 2 N–H and O–H groups in total. The summed E-state index contributed by atoms with van der Waals surface area (Å²) in [5.41, 5.74) is 8.05. The van der Waals surface area contributed by atoms with Gasteiger partial charge in [0, 0.05) is 13.1 Å². The van der Waals surface area contributed by atoms with Gasteiger partial charge in [-0.3, -0.25) is 0 Å². The average Bonchev–Trinajstić information content (AvgIpc) is 2.68. The number of ether oxygens (including phenoxy) is 1. The van der Waals surface area contributed by atoms with Crippen molar-refractivity contribution >= 4 is 0 Å². The summed E-state index contributed by atoms with van der Waals surface area (Å²) in [7, 11) is 1.93. The Hall–Kier alpha value is -1.88. The van der Waals surface area contributed by atoms with E-state index in [1.54, 1.807) is 0 Å². The van der Waals surface area contributed by atoms with Crippen molar-refractivity contribution in [2.75, 3.05) is 0 Å². The predicted octanol–water partition coefficient (Wildman–Crippen LogP) is 2.03. The van der Waals surface area contributed by atoms with Crippen LogP contribution in [-0.2, 0) is 13.7 Å². The molecule has 1 atom stereocenters. The van der Waals surface area contributed by atoms with E-state index in [0.29, 0.717) is 6.61 Å². The van der Waals surface area contributed by atoms with E-state index in [1.807, 2.05) is 44.5 Å². The molecule has 5 nitrogen and oxygen atoms in total. The molecule has 0 aliphatic heterocycles. The Morgan fingerprint density at radius 3 is 2.58 bits per heavy atom. The van der Waals surface area contributed by atoms with Gasteiger partial charge in [-0.05, 0) is 38.0 Å². The summed E-state index contributed by atoms with van der Waals surface area (Å²) in [6.45, 7) is 6.32. The van der Waals surface area contributed by atoms with E-state index >= 15 is 0 Å². The molecule has 5 heteroatoms. The molecule has 0 unspecified atom stereocenters. The maximum Gasteiger partial charge on any atom is 0.170 e. The van der Waals surface area contributed by atoms with Gasteiger partial charge < -0.3 is 15.0 Å². The van der Waals surface area contributed by atoms with Gasteiger partial charge in [0.2, 0.25) is 0 Å². The molecular weight excluding hydrogens is 240 g/mol. The molecule has 1 aromatic heterocycles. The van der Waals surface area contributed by atoms with Gasteiger partial charge >= 0.3 is 0 Å². The molecule has 0 radical (unpaired) electrons. The summed E-state index contributed by atoms with van der Waals surface area (Å²) < 4.78 is 7.71. The fraction of sp³-hybridized carbons (Fsp3) is 0.429. The molecular formula is C14H20N4O. The lowest BCUT2D eigenvalue weighted by atomic mass is 10.1. The SMILES string of the molecule is Cc1cc([C@@H](C)N)ccc1OCc1nnc(C)n1C. The third kappa shape index (κ3) is 2.93. The van der Waals surface area contributed by atoms with Crippen molar-refractivity contribution < 1.29 is 4.74 Å². The van der Waals surface area contributed by atoms with E-state index in [-0.39, 0.29) is 6.04 Å². The van der Waals surface area contributed by atoms with Gasteiger partial charge in [0.15, 0.2) is 5.82 Å². The number of hydrogen-bond donors (Lipinski definition) is 1. The van der Waals surface area contributed by atoms with Crippen LogP contribution >= 0.6 is 0 Å². The van der Waals surface area contributed by atoms with Gasteiger partial charge in [-0.1, -0.05) is 12.1 Å². The smallest absolute Gasteiger partial charge is 0.170 e. The molecule has 1 heterocycles. The van der Waals surface area contributed by atoms with E-state index in [9.17, 15) is 0 Å². The number of nitrogens with two attached hydrogens (primary N) is 1. The van der Waals surface area contributed by atoms with Crippen molar-refractivity contribution in [2.24, 2.45) is 12.8 Å². The monoisotopic (exact) mass is 260 g/mol. The number of aryl methyl sites for hydroxylation is 2. The van der Waals surface area contributed by atoms with Gasteiger partial charge in [0.1, 0.15) is 18.2 Å². The van der Waals surface area contributed by atoms with Crippen molar-refractivity contribution in [3.05, 3.63) is 41.0 Å². The van der Waals surface area contributed by atoms with E-state index in [1.165, 1.54) is 0 Å². The summed E-state index contributed by atoms with van der Waals surface area (Å²) >= 11 is 0. The second-order valence-corrected chi connectivity index (χ2v) is 4.82. The van der Waals surface area contributed by atoms with Gasteiger partial charge in [-0.2, -0.15) is 0 Å². The minimum absolute atomic E-state index is 0.0362. The van der Waals surface area contributed by atoms with Crippen molar-refractivity contribution in [3.63, 3.8) is 0 Å². The standard InChI is InChI=1S/C14H20N4O/c1-9-7-12(10(2)15)5-6-13(9)19-8-14-17-16-11(3)18(14)4/h5-7,10H,8,15H2,1-4H3/t10-/m1/s1. The number of aromatic nitrogens is 3. The minimum atomic E-state index is 0.0362. The minimum Gasteiger partial charge on any atom is -0.485 e. The fourth-order valence-corrected chi connectivity index (χ4v) is 1.84. The highest BCUT2D eigenvalue weighted by molar-refractivity contribution is 5.37. The molecule has 0 saturated heterocycles. The molecule has 0 aliphatic rings. The van der Waals surface area contributed by atoms with Crippen LogP contribution in [-0.4, -0.2) is 14.8 Å². The summed E-state index contributed by atoms with van der Waals surface area (Å²) in [6, 6.07) is 6.04.